The summed E-state index contributed by atoms with van der Waals surface area (Å²) >= 11 is 12.4. The Morgan fingerprint density at radius 1 is 1.05 bits per heavy atom. The molecular formula is C29H32Cl2N2O4. The maximum Gasteiger partial charge on any atom is 0.231 e. The average molecular weight is 543 g/mol. The van der Waals surface area contributed by atoms with Gasteiger partial charge in [0.05, 0.1) is 28.8 Å². The molecule has 1 atom stereocenters. The van der Waals surface area contributed by atoms with Crippen LogP contribution in [0.2, 0.25) is 10.0 Å². The Hall–Kier alpha value is -2.93. The Morgan fingerprint density at radius 3 is 2.43 bits per heavy atom. The van der Waals surface area contributed by atoms with E-state index in [0.717, 1.165) is 41.0 Å². The van der Waals surface area contributed by atoms with Gasteiger partial charge >= 0.3 is 0 Å². The predicted octanol–water partition coefficient (Wildman–Crippen LogP) is 5.87. The molecule has 1 heterocycles. The Morgan fingerprint density at radius 2 is 1.76 bits per heavy atom. The molecule has 1 unspecified atom stereocenters. The summed E-state index contributed by atoms with van der Waals surface area (Å²) in [4.78, 5) is 15.4. The zero-order valence-corrected chi connectivity index (χ0v) is 22.6. The Bertz CT molecular complexity index is 1200. The number of ether oxygens (including phenoxy) is 3. The smallest absolute Gasteiger partial charge is 0.231 e. The van der Waals surface area contributed by atoms with Crippen molar-refractivity contribution in [3.05, 3.63) is 81.3 Å². The lowest BCUT2D eigenvalue weighted by molar-refractivity contribution is -0.122. The Kier molecular flexibility index (Phi) is 9.19. The number of aryl methyl sites for hydroxylation is 2. The lowest BCUT2D eigenvalue weighted by Crippen LogP contribution is -2.43. The molecular weight excluding hydrogens is 511 g/mol. The summed E-state index contributed by atoms with van der Waals surface area (Å²) < 4.78 is 17.1. The molecule has 0 bridgehead atoms. The first-order chi connectivity index (χ1) is 17.9. The zero-order chi connectivity index (χ0) is 26.4. The van der Waals surface area contributed by atoms with E-state index < -0.39 is 0 Å². The largest absolute Gasteiger partial charge is 0.495 e. The molecule has 196 valence electrons. The number of rotatable bonds is 10. The highest BCUT2D eigenvalue weighted by molar-refractivity contribution is 6.37. The van der Waals surface area contributed by atoms with E-state index >= 15 is 0 Å². The van der Waals surface area contributed by atoms with Crippen LogP contribution in [0.3, 0.4) is 0 Å². The number of halogens is 2. The molecule has 3 aromatic carbocycles. The van der Waals surface area contributed by atoms with Crippen molar-refractivity contribution in [3.8, 4) is 17.2 Å². The van der Waals surface area contributed by atoms with Crippen LogP contribution in [0.5, 0.6) is 17.2 Å². The average Bonchev–Trinajstić information content (AvgIpc) is 2.90. The van der Waals surface area contributed by atoms with E-state index in [1.807, 2.05) is 60.4 Å². The lowest BCUT2D eigenvalue weighted by Gasteiger charge is -2.33. The van der Waals surface area contributed by atoms with Gasteiger partial charge in [-0.2, -0.15) is 0 Å². The quantitative estimate of drug-likeness (QED) is 0.324. The maximum atomic E-state index is 13.5. The van der Waals surface area contributed by atoms with Gasteiger partial charge in [0, 0.05) is 13.1 Å². The first kappa shape index (κ1) is 27.1. The first-order valence-electron chi connectivity index (χ1n) is 12.4. The van der Waals surface area contributed by atoms with Crippen LogP contribution < -0.4 is 24.8 Å². The normalized spacial score (nSPS) is 13.6. The Balaban J connectivity index is 1.33. The zero-order valence-electron chi connectivity index (χ0n) is 21.1. The van der Waals surface area contributed by atoms with Crippen LogP contribution in [-0.4, -0.2) is 39.3 Å². The highest BCUT2D eigenvalue weighted by Gasteiger charge is 2.30. The fourth-order valence-corrected chi connectivity index (χ4v) is 5.33. The van der Waals surface area contributed by atoms with E-state index in [-0.39, 0.29) is 18.4 Å². The van der Waals surface area contributed by atoms with Gasteiger partial charge in [-0.15, -0.1) is 0 Å². The molecule has 0 aromatic heterocycles. The standard InChI is InChI=1S/C29H32Cl2N2O4/c1-19-15-24(30)28(25(31)16-19)37-14-13-36-23-10-8-20(9-11-23)17-22(18-32)29(34)33-12-4-6-21-5-3-7-26(35-2)27(21)33/h3,5,7-11,15-16,22H,4,6,12-14,17-18,32H2,1-2H3. The molecule has 0 saturated carbocycles. The lowest BCUT2D eigenvalue weighted by atomic mass is 9.95. The summed E-state index contributed by atoms with van der Waals surface area (Å²) in [6, 6.07) is 17.2. The second-order valence-corrected chi connectivity index (χ2v) is 9.91. The monoisotopic (exact) mass is 542 g/mol. The van der Waals surface area contributed by atoms with Gasteiger partial charge in [0.25, 0.3) is 0 Å². The first-order valence-corrected chi connectivity index (χ1v) is 13.1. The van der Waals surface area contributed by atoms with Crippen LogP contribution in [0.4, 0.5) is 5.69 Å². The van der Waals surface area contributed by atoms with Gasteiger partial charge in [0.1, 0.15) is 24.7 Å². The van der Waals surface area contributed by atoms with Crippen molar-refractivity contribution in [1.82, 2.24) is 0 Å². The Labute approximate surface area is 228 Å². The van der Waals surface area contributed by atoms with Gasteiger partial charge in [-0.05, 0) is 73.2 Å². The number of nitrogens with two attached hydrogens (primary N) is 1. The highest BCUT2D eigenvalue weighted by atomic mass is 35.5. The van der Waals surface area contributed by atoms with Crippen LogP contribution in [0, 0.1) is 12.8 Å². The van der Waals surface area contributed by atoms with Crippen molar-refractivity contribution in [2.45, 2.75) is 26.2 Å². The van der Waals surface area contributed by atoms with Crippen molar-refractivity contribution in [1.29, 1.82) is 0 Å². The SMILES string of the molecule is COc1cccc2c1N(C(=O)C(CN)Cc1ccc(OCCOc3c(Cl)cc(C)cc3Cl)cc1)CCC2. The number of carbonyl (C=O) groups is 1. The van der Waals surface area contributed by atoms with Gasteiger partial charge in [-0.3, -0.25) is 4.79 Å². The van der Waals surface area contributed by atoms with Crippen LogP contribution in [-0.2, 0) is 17.6 Å². The number of para-hydroxylation sites is 1. The maximum absolute atomic E-state index is 13.5. The summed E-state index contributed by atoms with van der Waals surface area (Å²) in [5.41, 5.74) is 10.1. The van der Waals surface area contributed by atoms with Gasteiger partial charge in [0.15, 0.2) is 5.75 Å². The minimum Gasteiger partial charge on any atom is -0.495 e. The molecule has 1 aliphatic rings. The number of methoxy groups -OCH3 is 1. The predicted molar refractivity (Wildman–Crippen MR) is 149 cm³/mol. The highest BCUT2D eigenvalue weighted by Crippen LogP contribution is 2.37. The third-order valence-corrected chi connectivity index (χ3v) is 7.01. The van der Waals surface area contributed by atoms with Crippen molar-refractivity contribution in [2.24, 2.45) is 11.7 Å². The van der Waals surface area contributed by atoms with Crippen LogP contribution in [0.15, 0.2) is 54.6 Å². The van der Waals surface area contributed by atoms with Gasteiger partial charge in [0.2, 0.25) is 5.91 Å². The molecule has 1 aliphatic heterocycles. The van der Waals surface area contributed by atoms with E-state index in [1.54, 1.807) is 7.11 Å². The van der Waals surface area contributed by atoms with Crippen LogP contribution in [0.1, 0.15) is 23.1 Å². The molecule has 0 fully saturated rings. The fourth-order valence-electron chi connectivity index (χ4n) is 4.63. The van der Waals surface area contributed by atoms with Gasteiger partial charge in [-0.1, -0.05) is 47.5 Å². The van der Waals surface area contributed by atoms with E-state index in [2.05, 4.69) is 6.07 Å². The molecule has 4 rings (SSSR count). The molecule has 2 N–H and O–H groups in total. The summed E-state index contributed by atoms with van der Waals surface area (Å²) in [5, 5.41) is 0.953. The molecule has 8 heteroatoms. The van der Waals surface area contributed by atoms with Crippen molar-refractivity contribution >= 4 is 34.8 Å². The van der Waals surface area contributed by atoms with Crippen molar-refractivity contribution in [2.75, 3.05) is 38.3 Å². The number of carbonyl (C=O) groups excluding carboxylic acids is 1. The number of nitrogens with zero attached hydrogens (tertiary/aromatic N) is 1. The number of hydrogen-bond acceptors (Lipinski definition) is 5. The molecule has 0 radical (unpaired) electrons. The molecule has 0 saturated heterocycles. The molecule has 3 aromatic rings. The van der Waals surface area contributed by atoms with Crippen molar-refractivity contribution in [3.63, 3.8) is 0 Å². The molecule has 0 aliphatic carbocycles. The third kappa shape index (κ3) is 6.50. The van der Waals surface area contributed by atoms with Gasteiger partial charge in [-0.25, -0.2) is 0 Å². The summed E-state index contributed by atoms with van der Waals surface area (Å²) in [7, 11) is 1.63. The fraction of sp³-hybridized carbons (Fsp3) is 0.345. The number of anilines is 1. The second-order valence-electron chi connectivity index (χ2n) is 9.10. The summed E-state index contributed by atoms with van der Waals surface area (Å²) in [6.07, 6.45) is 2.40. The minimum absolute atomic E-state index is 0.0267. The van der Waals surface area contributed by atoms with E-state index in [1.165, 1.54) is 0 Å². The number of amides is 1. The molecule has 1 amide bonds. The number of benzene rings is 3. The number of fused-ring (bicyclic) bond motifs is 1. The topological polar surface area (TPSA) is 74.0 Å². The van der Waals surface area contributed by atoms with E-state index in [4.69, 9.17) is 43.1 Å². The third-order valence-electron chi connectivity index (χ3n) is 6.45. The van der Waals surface area contributed by atoms with E-state index in [0.29, 0.717) is 47.7 Å². The van der Waals surface area contributed by atoms with E-state index in [9.17, 15) is 4.79 Å². The molecule has 37 heavy (non-hydrogen) atoms. The number of hydrogen-bond donors (Lipinski definition) is 1. The minimum atomic E-state index is -0.333. The van der Waals surface area contributed by atoms with Gasteiger partial charge < -0.3 is 24.8 Å². The summed E-state index contributed by atoms with van der Waals surface area (Å²) in [5.74, 6) is 1.58. The van der Waals surface area contributed by atoms with Crippen LogP contribution in [0.25, 0.3) is 0 Å². The van der Waals surface area contributed by atoms with Crippen molar-refractivity contribution < 1.29 is 19.0 Å². The molecule has 0 spiro atoms. The summed E-state index contributed by atoms with van der Waals surface area (Å²) in [6.45, 7) is 3.48. The molecule has 6 nitrogen and oxygen atoms in total. The second kappa shape index (κ2) is 12.5. The van der Waals surface area contributed by atoms with Crippen LogP contribution >= 0.6 is 23.2 Å².